The van der Waals surface area contributed by atoms with E-state index >= 15 is 0 Å². The quantitative estimate of drug-likeness (QED) is 0.259. The number of carbonyl (C=O) groups excluding carboxylic acids is 1. The van der Waals surface area contributed by atoms with Gasteiger partial charge in [0.05, 0.1) is 22.8 Å². The van der Waals surface area contributed by atoms with Crippen molar-refractivity contribution >= 4 is 22.6 Å². The lowest BCUT2D eigenvalue weighted by atomic mass is 10.2. The molecule has 10 heteroatoms. The van der Waals surface area contributed by atoms with E-state index in [2.05, 4.69) is 15.3 Å². The lowest BCUT2D eigenvalue weighted by Crippen LogP contribution is -2.12. The molecule has 5 aromatic rings. The molecule has 1 amide bonds. The number of carbonyl (C=O) groups is 1. The molecule has 0 aliphatic heterocycles. The number of oxazole rings is 1. The highest BCUT2D eigenvalue weighted by atomic mass is 19.3. The minimum atomic E-state index is -2.76. The molecule has 182 valence electrons. The van der Waals surface area contributed by atoms with Crippen LogP contribution in [0.2, 0.25) is 0 Å². The smallest absolute Gasteiger partial charge is 0.320 e. The Morgan fingerprint density at radius 1 is 1.03 bits per heavy atom. The van der Waals surface area contributed by atoms with Crippen molar-refractivity contribution in [3.05, 3.63) is 90.5 Å². The molecule has 2 heterocycles. The normalized spacial score (nSPS) is 11.4. The van der Waals surface area contributed by atoms with Crippen LogP contribution in [0.5, 0.6) is 0 Å². The second-order valence-electron chi connectivity index (χ2n) is 7.94. The van der Waals surface area contributed by atoms with E-state index in [1.54, 1.807) is 48.5 Å². The lowest BCUT2D eigenvalue weighted by Gasteiger charge is -2.09. The maximum Gasteiger partial charge on any atom is 0.320 e. The van der Waals surface area contributed by atoms with E-state index in [1.807, 2.05) is 0 Å². The third kappa shape index (κ3) is 4.70. The van der Waals surface area contributed by atoms with Gasteiger partial charge in [-0.05, 0) is 48.5 Å². The van der Waals surface area contributed by atoms with Crippen LogP contribution in [0.3, 0.4) is 0 Å². The van der Waals surface area contributed by atoms with Crippen LogP contribution in [0, 0.1) is 11.6 Å². The Labute approximate surface area is 202 Å². The number of halogens is 4. The maximum absolute atomic E-state index is 13.9. The van der Waals surface area contributed by atoms with Crippen molar-refractivity contribution in [3.8, 4) is 22.7 Å². The number of anilines is 1. The van der Waals surface area contributed by atoms with Crippen LogP contribution in [0.25, 0.3) is 33.7 Å². The van der Waals surface area contributed by atoms with Gasteiger partial charge in [0, 0.05) is 30.2 Å². The van der Waals surface area contributed by atoms with Crippen LogP contribution in [0.15, 0.2) is 77.3 Å². The van der Waals surface area contributed by atoms with E-state index in [0.717, 1.165) is 16.7 Å². The molecule has 2 aromatic heterocycles. The van der Waals surface area contributed by atoms with E-state index < -0.39 is 18.2 Å². The number of amides is 1. The molecule has 6 nitrogen and oxygen atoms in total. The second kappa shape index (κ2) is 9.65. The summed E-state index contributed by atoms with van der Waals surface area (Å²) in [5.41, 5.74) is 1.81. The summed E-state index contributed by atoms with van der Waals surface area (Å²) in [6, 6.07) is 16.2. The largest absolute Gasteiger partial charge is 0.441 e. The van der Waals surface area contributed by atoms with E-state index in [4.69, 9.17) is 4.42 Å². The van der Waals surface area contributed by atoms with Gasteiger partial charge in [-0.1, -0.05) is 12.1 Å². The molecule has 0 saturated carbocycles. The zero-order chi connectivity index (χ0) is 25.2. The Morgan fingerprint density at radius 3 is 2.56 bits per heavy atom. The van der Waals surface area contributed by atoms with Gasteiger partial charge in [0.1, 0.15) is 17.5 Å². The number of para-hydroxylation sites is 2. The molecular weight excluding hydrogens is 476 g/mol. The highest BCUT2D eigenvalue weighted by Crippen LogP contribution is 2.30. The van der Waals surface area contributed by atoms with Gasteiger partial charge >= 0.3 is 6.55 Å². The highest BCUT2D eigenvalue weighted by molar-refractivity contribution is 5.91. The van der Waals surface area contributed by atoms with Crippen molar-refractivity contribution in [1.82, 2.24) is 14.5 Å². The third-order valence-corrected chi connectivity index (χ3v) is 5.53. The fourth-order valence-electron chi connectivity index (χ4n) is 3.83. The topological polar surface area (TPSA) is 73.0 Å². The molecule has 36 heavy (non-hydrogen) atoms. The molecule has 0 spiro atoms. The van der Waals surface area contributed by atoms with Crippen molar-refractivity contribution in [1.29, 1.82) is 0 Å². The van der Waals surface area contributed by atoms with Crippen molar-refractivity contribution in [2.75, 3.05) is 5.32 Å². The number of nitrogens with zero attached hydrogens (tertiary/aromatic N) is 3. The summed E-state index contributed by atoms with van der Waals surface area (Å²) in [5.74, 6) is -1.31. The average molecular weight is 494 g/mol. The van der Waals surface area contributed by atoms with Gasteiger partial charge < -0.3 is 9.73 Å². The number of fused-ring (bicyclic) bond motifs is 1. The predicted octanol–water partition coefficient (Wildman–Crippen LogP) is 6.60. The number of alkyl halides is 2. The van der Waals surface area contributed by atoms with Gasteiger partial charge in [-0.2, -0.15) is 8.78 Å². The number of rotatable bonds is 7. The minimum absolute atomic E-state index is 0.0365. The molecule has 3 aromatic carbocycles. The van der Waals surface area contributed by atoms with Gasteiger partial charge in [-0.3, -0.25) is 9.36 Å². The summed E-state index contributed by atoms with van der Waals surface area (Å²) in [5, 5.41) is 2.72. The molecule has 5 rings (SSSR count). The summed E-state index contributed by atoms with van der Waals surface area (Å²) in [6.07, 6.45) is 1.51. The fourth-order valence-corrected chi connectivity index (χ4v) is 3.83. The van der Waals surface area contributed by atoms with E-state index in [0.29, 0.717) is 22.3 Å². The summed E-state index contributed by atoms with van der Waals surface area (Å²) in [7, 11) is 0. The van der Waals surface area contributed by atoms with Crippen LogP contribution in [0.4, 0.5) is 23.2 Å². The Kier molecular flexibility index (Phi) is 6.24. The molecule has 0 radical (unpaired) electrons. The number of imidazole rings is 1. The number of aromatic nitrogens is 3. The molecule has 0 atom stereocenters. The Morgan fingerprint density at radius 2 is 1.81 bits per heavy atom. The van der Waals surface area contributed by atoms with Crippen LogP contribution in [-0.4, -0.2) is 20.4 Å². The molecule has 0 aliphatic rings. The van der Waals surface area contributed by atoms with Crippen LogP contribution >= 0.6 is 0 Å². The predicted molar refractivity (Wildman–Crippen MR) is 125 cm³/mol. The van der Waals surface area contributed by atoms with Gasteiger partial charge in [0.25, 0.3) is 0 Å². The first-order chi connectivity index (χ1) is 17.4. The SMILES string of the molecule is O=C(CCc1ncc(-c2ccc(F)cc2F)o1)Nc1ccc(-c2nc3ccccc3n2C(F)F)cc1. The van der Waals surface area contributed by atoms with Crippen molar-refractivity contribution in [2.24, 2.45) is 0 Å². The molecule has 0 bridgehead atoms. The van der Waals surface area contributed by atoms with Gasteiger partial charge in [-0.25, -0.2) is 18.7 Å². The number of benzene rings is 3. The fraction of sp³-hybridized carbons (Fsp3) is 0.115. The Balaban J connectivity index is 1.23. The van der Waals surface area contributed by atoms with Gasteiger partial charge in [0.15, 0.2) is 11.7 Å². The molecule has 0 unspecified atom stereocenters. The number of hydrogen-bond acceptors (Lipinski definition) is 4. The average Bonchev–Trinajstić information content (AvgIpc) is 3.48. The van der Waals surface area contributed by atoms with Crippen molar-refractivity contribution in [3.63, 3.8) is 0 Å². The zero-order valence-corrected chi connectivity index (χ0v) is 18.6. The summed E-state index contributed by atoms with van der Waals surface area (Å²) in [4.78, 5) is 20.7. The second-order valence-corrected chi connectivity index (χ2v) is 7.94. The van der Waals surface area contributed by atoms with Crippen LogP contribution in [0.1, 0.15) is 18.9 Å². The molecule has 0 saturated heterocycles. The maximum atomic E-state index is 13.9. The summed E-state index contributed by atoms with van der Waals surface area (Å²) >= 11 is 0. The first-order valence-corrected chi connectivity index (χ1v) is 10.9. The molecule has 0 aliphatic carbocycles. The molecular formula is C26H18F4N4O2. The lowest BCUT2D eigenvalue weighted by molar-refractivity contribution is -0.116. The van der Waals surface area contributed by atoms with Gasteiger partial charge in [-0.15, -0.1) is 0 Å². The third-order valence-electron chi connectivity index (χ3n) is 5.53. The zero-order valence-electron chi connectivity index (χ0n) is 18.6. The van der Waals surface area contributed by atoms with Crippen LogP contribution in [-0.2, 0) is 11.2 Å². The van der Waals surface area contributed by atoms with E-state index in [1.165, 1.54) is 12.3 Å². The van der Waals surface area contributed by atoms with Crippen LogP contribution < -0.4 is 5.32 Å². The van der Waals surface area contributed by atoms with Crippen molar-refractivity contribution < 1.29 is 26.8 Å². The standard InChI is InChI=1S/C26H18F4N4O2/c27-16-7-10-18(19(28)13-16)22-14-31-24(36-22)12-11-23(35)32-17-8-5-15(6-9-17)25-33-20-3-1-2-4-21(20)34(25)26(29)30/h1-10,13-14,26H,11-12H2,(H,32,35). The van der Waals surface area contributed by atoms with E-state index in [-0.39, 0.29) is 41.8 Å². The number of hydrogen-bond donors (Lipinski definition) is 1. The first-order valence-electron chi connectivity index (χ1n) is 10.9. The van der Waals surface area contributed by atoms with E-state index in [9.17, 15) is 22.4 Å². The summed E-state index contributed by atoms with van der Waals surface area (Å²) in [6.45, 7) is -2.76. The minimum Gasteiger partial charge on any atom is -0.441 e. The Hall–Kier alpha value is -4.47. The monoisotopic (exact) mass is 494 g/mol. The number of aryl methyl sites for hydroxylation is 1. The first kappa shape index (κ1) is 23.3. The highest BCUT2D eigenvalue weighted by Gasteiger charge is 2.19. The number of nitrogens with one attached hydrogen (secondary N) is 1. The van der Waals surface area contributed by atoms with Gasteiger partial charge in [0.2, 0.25) is 5.91 Å². The molecule has 0 fully saturated rings. The summed E-state index contributed by atoms with van der Waals surface area (Å²) < 4.78 is 60.8. The molecule has 1 N–H and O–H groups in total. The Bertz CT molecular complexity index is 1540. The van der Waals surface area contributed by atoms with Crippen molar-refractivity contribution in [2.45, 2.75) is 19.4 Å².